The summed E-state index contributed by atoms with van der Waals surface area (Å²) in [5.41, 5.74) is 4.22. The lowest BCUT2D eigenvalue weighted by molar-refractivity contribution is -0.00229. The van der Waals surface area contributed by atoms with E-state index in [1.54, 1.807) is 0 Å². The molecule has 0 unspecified atom stereocenters. The Morgan fingerprint density at radius 3 is 2.36 bits per heavy atom. The van der Waals surface area contributed by atoms with Gasteiger partial charge in [-0.25, -0.2) is 0 Å². The van der Waals surface area contributed by atoms with Crippen LogP contribution in [0.5, 0.6) is 0 Å². The summed E-state index contributed by atoms with van der Waals surface area (Å²) >= 11 is 0. The maximum Gasteiger partial charge on any atom is 0.0933 e. The molecule has 0 aromatic heterocycles. The molecule has 0 radical (unpaired) electrons. The second-order valence-electron chi connectivity index (χ2n) is 3.92. The van der Waals surface area contributed by atoms with Gasteiger partial charge in [-0.3, -0.25) is 4.84 Å². The molecule has 1 rings (SSSR count). The Morgan fingerprint density at radius 2 is 1.79 bits per heavy atom. The zero-order valence-electron chi connectivity index (χ0n) is 9.16. The van der Waals surface area contributed by atoms with E-state index in [1.165, 1.54) is 5.56 Å². The predicted octanol–water partition coefficient (Wildman–Crippen LogP) is 2.75. The van der Waals surface area contributed by atoms with Gasteiger partial charge in [0, 0.05) is 6.04 Å². The van der Waals surface area contributed by atoms with Crippen LogP contribution in [0.15, 0.2) is 30.3 Å². The normalized spacial score (nSPS) is 13.1. The van der Waals surface area contributed by atoms with E-state index in [2.05, 4.69) is 38.4 Å². The van der Waals surface area contributed by atoms with E-state index < -0.39 is 0 Å². The summed E-state index contributed by atoms with van der Waals surface area (Å²) in [7, 11) is 0. The maximum atomic E-state index is 5.39. The second kappa shape index (κ2) is 5.78. The van der Waals surface area contributed by atoms with Crippen molar-refractivity contribution >= 4 is 0 Å². The number of benzene rings is 1. The van der Waals surface area contributed by atoms with Crippen LogP contribution in [0, 0.1) is 5.92 Å². The minimum atomic E-state index is 0.388. The van der Waals surface area contributed by atoms with Crippen LogP contribution < -0.4 is 5.48 Å². The van der Waals surface area contributed by atoms with Crippen molar-refractivity contribution in [3.05, 3.63) is 35.9 Å². The van der Waals surface area contributed by atoms with E-state index in [1.807, 2.05) is 18.2 Å². The minimum Gasteiger partial charge on any atom is -0.297 e. The van der Waals surface area contributed by atoms with Crippen LogP contribution in [0.2, 0.25) is 0 Å². The van der Waals surface area contributed by atoms with Gasteiger partial charge in [-0.1, -0.05) is 44.2 Å². The minimum absolute atomic E-state index is 0.388. The highest BCUT2D eigenvalue weighted by Crippen LogP contribution is 2.02. The highest BCUT2D eigenvalue weighted by Gasteiger charge is 2.05. The van der Waals surface area contributed by atoms with Gasteiger partial charge in [0.25, 0.3) is 0 Å². The largest absolute Gasteiger partial charge is 0.297 e. The summed E-state index contributed by atoms with van der Waals surface area (Å²) in [6, 6.07) is 10.5. The molecule has 1 aromatic carbocycles. The Kier molecular flexibility index (Phi) is 4.63. The van der Waals surface area contributed by atoms with E-state index >= 15 is 0 Å². The number of hydroxylamine groups is 1. The van der Waals surface area contributed by atoms with Gasteiger partial charge in [0.05, 0.1) is 6.61 Å². The quantitative estimate of drug-likeness (QED) is 0.726. The molecular formula is C12H19NO. The molecule has 2 nitrogen and oxygen atoms in total. The number of rotatable bonds is 5. The third-order valence-electron chi connectivity index (χ3n) is 2.35. The molecular weight excluding hydrogens is 174 g/mol. The van der Waals surface area contributed by atoms with Gasteiger partial charge >= 0.3 is 0 Å². The zero-order chi connectivity index (χ0) is 10.4. The maximum absolute atomic E-state index is 5.39. The molecule has 1 N–H and O–H groups in total. The van der Waals surface area contributed by atoms with Crippen LogP contribution in [0.1, 0.15) is 26.3 Å². The molecule has 0 fully saturated rings. The van der Waals surface area contributed by atoms with Gasteiger partial charge in [0.15, 0.2) is 0 Å². The first-order chi connectivity index (χ1) is 6.70. The van der Waals surface area contributed by atoms with Crippen molar-refractivity contribution in [1.82, 2.24) is 5.48 Å². The fraction of sp³-hybridized carbons (Fsp3) is 0.500. The van der Waals surface area contributed by atoms with E-state index in [4.69, 9.17) is 4.84 Å². The molecule has 0 heterocycles. The molecule has 0 bridgehead atoms. The van der Waals surface area contributed by atoms with Crippen molar-refractivity contribution in [3.8, 4) is 0 Å². The van der Waals surface area contributed by atoms with Crippen molar-refractivity contribution in [2.24, 2.45) is 5.92 Å². The van der Waals surface area contributed by atoms with Crippen molar-refractivity contribution in [2.45, 2.75) is 33.4 Å². The Labute approximate surface area is 86.2 Å². The van der Waals surface area contributed by atoms with Crippen LogP contribution in [0.25, 0.3) is 0 Å². The van der Waals surface area contributed by atoms with Gasteiger partial charge in [-0.15, -0.1) is 0 Å². The van der Waals surface area contributed by atoms with Gasteiger partial charge in [-0.05, 0) is 18.4 Å². The van der Waals surface area contributed by atoms with Crippen LogP contribution in [0.3, 0.4) is 0 Å². The molecule has 0 aliphatic rings. The molecule has 1 aromatic rings. The lowest BCUT2D eigenvalue weighted by atomic mass is 10.1. The molecule has 1 atom stereocenters. The lowest BCUT2D eigenvalue weighted by Gasteiger charge is -2.16. The average molecular weight is 193 g/mol. The molecule has 14 heavy (non-hydrogen) atoms. The molecule has 0 saturated heterocycles. The van der Waals surface area contributed by atoms with Gasteiger partial charge in [-0.2, -0.15) is 5.48 Å². The van der Waals surface area contributed by atoms with Crippen molar-refractivity contribution < 1.29 is 4.84 Å². The standard InChI is InChI=1S/C12H19NO/c1-10(2)11(3)13-14-9-12-7-5-4-6-8-12/h4-8,10-11,13H,9H2,1-3H3/t11-/m1/s1. The summed E-state index contributed by atoms with van der Waals surface area (Å²) in [6.07, 6.45) is 0. The molecule has 0 spiro atoms. The first-order valence-electron chi connectivity index (χ1n) is 5.11. The summed E-state index contributed by atoms with van der Waals surface area (Å²) in [5, 5.41) is 0. The highest BCUT2D eigenvalue weighted by atomic mass is 16.6. The molecule has 0 aliphatic heterocycles. The van der Waals surface area contributed by atoms with E-state index in [9.17, 15) is 0 Å². The van der Waals surface area contributed by atoms with E-state index in [-0.39, 0.29) is 0 Å². The smallest absolute Gasteiger partial charge is 0.0933 e. The van der Waals surface area contributed by atoms with Gasteiger partial charge in [0.1, 0.15) is 0 Å². The first kappa shape index (κ1) is 11.2. The Morgan fingerprint density at radius 1 is 1.14 bits per heavy atom. The Hall–Kier alpha value is -0.860. The molecule has 78 valence electrons. The van der Waals surface area contributed by atoms with E-state index in [0.29, 0.717) is 18.6 Å². The molecule has 2 heteroatoms. The Balaban J connectivity index is 2.22. The monoisotopic (exact) mass is 193 g/mol. The predicted molar refractivity (Wildman–Crippen MR) is 58.7 cm³/mol. The highest BCUT2D eigenvalue weighted by molar-refractivity contribution is 5.13. The summed E-state index contributed by atoms with van der Waals surface area (Å²) in [6.45, 7) is 7.08. The van der Waals surface area contributed by atoms with Crippen molar-refractivity contribution in [2.75, 3.05) is 0 Å². The fourth-order valence-electron chi connectivity index (χ4n) is 0.967. The lowest BCUT2D eigenvalue weighted by Crippen LogP contribution is -2.30. The number of hydrogen-bond donors (Lipinski definition) is 1. The SMILES string of the molecule is CC(C)[C@@H](C)NOCc1ccccc1. The molecule has 0 amide bonds. The summed E-state index contributed by atoms with van der Waals surface area (Å²) in [5.74, 6) is 0.589. The third kappa shape index (κ3) is 3.90. The fourth-order valence-corrected chi connectivity index (χ4v) is 0.967. The van der Waals surface area contributed by atoms with Crippen molar-refractivity contribution in [1.29, 1.82) is 0 Å². The molecule has 0 saturated carbocycles. The zero-order valence-corrected chi connectivity index (χ0v) is 9.16. The van der Waals surface area contributed by atoms with Crippen LogP contribution in [-0.4, -0.2) is 6.04 Å². The topological polar surface area (TPSA) is 21.3 Å². The first-order valence-corrected chi connectivity index (χ1v) is 5.11. The number of hydrogen-bond acceptors (Lipinski definition) is 2. The third-order valence-corrected chi connectivity index (χ3v) is 2.35. The van der Waals surface area contributed by atoms with Crippen LogP contribution in [-0.2, 0) is 11.4 Å². The average Bonchev–Trinajstić information content (AvgIpc) is 2.19. The van der Waals surface area contributed by atoms with E-state index in [0.717, 1.165) is 0 Å². The Bertz CT molecular complexity index is 246. The van der Waals surface area contributed by atoms with Crippen molar-refractivity contribution in [3.63, 3.8) is 0 Å². The molecule has 0 aliphatic carbocycles. The summed E-state index contributed by atoms with van der Waals surface area (Å²) < 4.78 is 0. The summed E-state index contributed by atoms with van der Waals surface area (Å²) in [4.78, 5) is 5.39. The second-order valence-corrected chi connectivity index (χ2v) is 3.92. The van der Waals surface area contributed by atoms with Gasteiger partial charge in [0.2, 0.25) is 0 Å². The van der Waals surface area contributed by atoms with Crippen LogP contribution >= 0.6 is 0 Å². The number of nitrogens with one attached hydrogen (secondary N) is 1. The van der Waals surface area contributed by atoms with Crippen LogP contribution in [0.4, 0.5) is 0 Å². The van der Waals surface area contributed by atoms with Gasteiger partial charge < -0.3 is 0 Å².